The van der Waals surface area contributed by atoms with Gasteiger partial charge in [0.05, 0.1) is 4.90 Å². The lowest BCUT2D eigenvalue weighted by Crippen LogP contribution is -1.99. The van der Waals surface area contributed by atoms with Gasteiger partial charge in [0.15, 0.2) is 9.84 Å². The van der Waals surface area contributed by atoms with Crippen LogP contribution in [0.4, 0.5) is 10.4 Å². The number of halogens is 1. The predicted molar refractivity (Wildman–Crippen MR) is 86.6 cm³/mol. The first-order chi connectivity index (χ1) is 11.4. The molecular formula is C16H14FN3O3S. The van der Waals surface area contributed by atoms with E-state index in [2.05, 4.69) is 15.5 Å². The second-order valence-electron chi connectivity index (χ2n) is 5.19. The molecule has 0 bridgehead atoms. The van der Waals surface area contributed by atoms with Gasteiger partial charge in [-0.25, -0.2) is 12.8 Å². The molecule has 8 heteroatoms. The summed E-state index contributed by atoms with van der Waals surface area (Å²) in [5.41, 5.74) is 1.35. The Balaban J connectivity index is 1.71. The highest BCUT2D eigenvalue weighted by Gasteiger charge is 2.11. The van der Waals surface area contributed by atoms with Gasteiger partial charge in [-0.3, -0.25) is 0 Å². The summed E-state index contributed by atoms with van der Waals surface area (Å²) < 4.78 is 41.5. The van der Waals surface area contributed by atoms with Crippen LogP contribution in [-0.4, -0.2) is 24.9 Å². The first-order valence-corrected chi connectivity index (χ1v) is 8.93. The lowest BCUT2D eigenvalue weighted by atomic mass is 10.2. The molecule has 0 saturated carbocycles. The van der Waals surface area contributed by atoms with Crippen molar-refractivity contribution in [3.63, 3.8) is 0 Å². The van der Waals surface area contributed by atoms with E-state index in [9.17, 15) is 12.8 Å². The van der Waals surface area contributed by atoms with Crippen LogP contribution in [0.1, 0.15) is 5.56 Å². The summed E-state index contributed by atoms with van der Waals surface area (Å²) >= 11 is 0. The van der Waals surface area contributed by atoms with Crippen LogP contribution >= 0.6 is 0 Å². The van der Waals surface area contributed by atoms with Gasteiger partial charge in [-0.2, -0.15) is 0 Å². The first-order valence-electron chi connectivity index (χ1n) is 7.04. The monoisotopic (exact) mass is 347 g/mol. The zero-order valence-corrected chi connectivity index (χ0v) is 13.5. The molecule has 0 fully saturated rings. The molecule has 0 radical (unpaired) electrons. The van der Waals surface area contributed by atoms with Crippen LogP contribution in [0.3, 0.4) is 0 Å². The van der Waals surface area contributed by atoms with E-state index in [1.165, 1.54) is 24.3 Å². The standard InChI is InChI=1S/C16H14FN3O3S/c1-24(21,22)14-7-5-12(6-8-14)15-19-20-16(23-15)18-10-11-3-2-4-13(17)9-11/h2-9H,10H2,1H3,(H,18,20). The van der Waals surface area contributed by atoms with Gasteiger partial charge >= 0.3 is 6.01 Å². The number of hydrogen-bond acceptors (Lipinski definition) is 6. The minimum Gasteiger partial charge on any atom is -0.403 e. The molecule has 3 aromatic rings. The Labute approximate surface area is 138 Å². The van der Waals surface area contributed by atoms with Crippen molar-refractivity contribution in [3.05, 3.63) is 59.9 Å². The largest absolute Gasteiger partial charge is 0.403 e. The van der Waals surface area contributed by atoms with Crippen LogP contribution in [-0.2, 0) is 16.4 Å². The van der Waals surface area contributed by atoms with Crippen LogP contribution in [0.15, 0.2) is 57.8 Å². The smallest absolute Gasteiger partial charge is 0.316 e. The zero-order valence-electron chi connectivity index (χ0n) is 12.7. The number of nitrogens with one attached hydrogen (secondary N) is 1. The van der Waals surface area contributed by atoms with Gasteiger partial charge in [0.2, 0.25) is 5.89 Å². The van der Waals surface area contributed by atoms with Gasteiger partial charge in [-0.15, -0.1) is 5.10 Å². The van der Waals surface area contributed by atoms with Gasteiger partial charge in [-0.05, 0) is 42.0 Å². The van der Waals surface area contributed by atoms with Crippen LogP contribution < -0.4 is 5.32 Å². The highest BCUT2D eigenvalue weighted by Crippen LogP contribution is 2.22. The normalized spacial score (nSPS) is 11.4. The maximum absolute atomic E-state index is 13.1. The molecule has 0 atom stereocenters. The summed E-state index contributed by atoms with van der Waals surface area (Å²) in [6.45, 7) is 0.340. The third-order valence-electron chi connectivity index (χ3n) is 3.29. The van der Waals surface area contributed by atoms with Crippen molar-refractivity contribution in [3.8, 4) is 11.5 Å². The van der Waals surface area contributed by atoms with E-state index in [0.717, 1.165) is 11.8 Å². The van der Waals surface area contributed by atoms with Gasteiger partial charge in [0.25, 0.3) is 0 Å². The van der Waals surface area contributed by atoms with E-state index in [1.807, 2.05) is 0 Å². The quantitative estimate of drug-likeness (QED) is 0.764. The second kappa shape index (κ2) is 6.40. The predicted octanol–water partition coefficient (Wildman–Crippen LogP) is 2.89. The Morgan fingerprint density at radius 2 is 1.88 bits per heavy atom. The molecular weight excluding hydrogens is 333 g/mol. The van der Waals surface area contributed by atoms with E-state index >= 15 is 0 Å². The third-order valence-corrected chi connectivity index (χ3v) is 4.42. The Kier molecular flexibility index (Phi) is 4.30. The van der Waals surface area contributed by atoms with Gasteiger partial charge in [0.1, 0.15) is 5.82 Å². The van der Waals surface area contributed by atoms with Crippen LogP contribution in [0, 0.1) is 5.82 Å². The molecule has 24 heavy (non-hydrogen) atoms. The molecule has 0 aliphatic carbocycles. The van der Waals surface area contributed by atoms with Crippen molar-refractivity contribution in [1.29, 1.82) is 0 Å². The summed E-state index contributed by atoms with van der Waals surface area (Å²) in [6.07, 6.45) is 1.14. The summed E-state index contributed by atoms with van der Waals surface area (Å²) in [5.74, 6) is -0.0525. The van der Waals surface area contributed by atoms with Gasteiger partial charge in [-0.1, -0.05) is 17.2 Å². The molecule has 124 valence electrons. The molecule has 0 aliphatic rings. The summed E-state index contributed by atoms with van der Waals surface area (Å²) in [5, 5.41) is 10.7. The molecule has 1 aromatic heterocycles. The number of anilines is 1. The molecule has 0 amide bonds. The van der Waals surface area contributed by atoms with Crippen LogP contribution in [0.2, 0.25) is 0 Å². The fourth-order valence-corrected chi connectivity index (χ4v) is 2.71. The van der Waals surface area contributed by atoms with E-state index < -0.39 is 9.84 Å². The minimum absolute atomic E-state index is 0.196. The maximum atomic E-state index is 13.1. The number of benzene rings is 2. The third kappa shape index (κ3) is 3.77. The Morgan fingerprint density at radius 3 is 2.54 bits per heavy atom. The van der Waals surface area contributed by atoms with Crippen LogP contribution in [0.5, 0.6) is 0 Å². The van der Waals surface area contributed by atoms with E-state index in [-0.39, 0.29) is 22.6 Å². The Bertz CT molecular complexity index is 953. The van der Waals surface area contributed by atoms with Crippen molar-refractivity contribution in [2.24, 2.45) is 0 Å². The number of rotatable bonds is 5. The SMILES string of the molecule is CS(=O)(=O)c1ccc(-c2nnc(NCc3cccc(F)c3)o2)cc1. The first kappa shape index (κ1) is 16.1. The molecule has 2 aromatic carbocycles. The number of aromatic nitrogens is 2. The molecule has 1 N–H and O–H groups in total. The van der Waals surface area contributed by atoms with Crippen LogP contribution in [0.25, 0.3) is 11.5 Å². The number of sulfone groups is 1. The molecule has 0 aliphatic heterocycles. The summed E-state index contributed by atoms with van der Waals surface area (Å²) in [4.78, 5) is 0.218. The zero-order chi connectivity index (χ0) is 17.2. The fourth-order valence-electron chi connectivity index (χ4n) is 2.08. The average molecular weight is 347 g/mol. The lowest BCUT2D eigenvalue weighted by Gasteiger charge is -2.01. The number of nitrogens with zero attached hydrogens (tertiary/aromatic N) is 2. The molecule has 6 nitrogen and oxygen atoms in total. The van der Waals surface area contributed by atoms with E-state index in [4.69, 9.17) is 4.42 Å². The number of hydrogen-bond donors (Lipinski definition) is 1. The van der Waals surface area contributed by atoms with Crippen molar-refractivity contribution < 1.29 is 17.2 Å². The molecule has 1 heterocycles. The summed E-state index contributed by atoms with van der Waals surface area (Å²) in [6, 6.07) is 12.5. The van der Waals surface area contributed by atoms with E-state index in [0.29, 0.717) is 12.1 Å². The summed E-state index contributed by atoms with van der Waals surface area (Å²) in [7, 11) is -3.25. The average Bonchev–Trinajstić information content (AvgIpc) is 3.01. The molecule has 0 unspecified atom stereocenters. The topological polar surface area (TPSA) is 85.1 Å². The highest BCUT2D eigenvalue weighted by molar-refractivity contribution is 7.90. The second-order valence-corrected chi connectivity index (χ2v) is 7.21. The Hall–Kier alpha value is -2.74. The Morgan fingerprint density at radius 1 is 1.12 bits per heavy atom. The van der Waals surface area contributed by atoms with Crippen molar-refractivity contribution in [1.82, 2.24) is 10.2 Å². The maximum Gasteiger partial charge on any atom is 0.316 e. The van der Waals surface area contributed by atoms with Crippen molar-refractivity contribution in [2.75, 3.05) is 11.6 Å². The fraction of sp³-hybridized carbons (Fsp3) is 0.125. The molecule has 3 rings (SSSR count). The minimum atomic E-state index is -3.25. The molecule has 0 spiro atoms. The van der Waals surface area contributed by atoms with E-state index in [1.54, 1.807) is 24.3 Å². The highest BCUT2D eigenvalue weighted by atomic mass is 32.2. The van der Waals surface area contributed by atoms with Crippen molar-refractivity contribution >= 4 is 15.9 Å². The molecule has 0 saturated heterocycles. The van der Waals surface area contributed by atoms with Gasteiger partial charge in [0, 0.05) is 18.4 Å². The van der Waals surface area contributed by atoms with Crippen molar-refractivity contribution in [2.45, 2.75) is 11.4 Å². The van der Waals surface area contributed by atoms with Gasteiger partial charge < -0.3 is 9.73 Å². The lowest BCUT2D eigenvalue weighted by molar-refractivity contribution is 0.580.